The summed E-state index contributed by atoms with van der Waals surface area (Å²) < 4.78 is 0. The molecule has 0 radical (unpaired) electrons. The molecule has 20 heavy (non-hydrogen) atoms. The second-order valence-electron chi connectivity index (χ2n) is 3.87. The molecule has 1 N–H and O–H groups in total. The Kier molecular flexibility index (Phi) is 3.88. The largest absolute Gasteiger partial charge is 0.761 e. The van der Waals surface area contributed by atoms with E-state index < -0.39 is 0 Å². The number of pyridine rings is 2. The SMILES string of the molecule is CC(=O)N(c1ccnc(C#N)c1)c1cc(N[O-])ccn1. The fourth-order valence-electron chi connectivity index (χ4n) is 1.70. The molecule has 2 heterocycles. The van der Waals surface area contributed by atoms with E-state index in [0.29, 0.717) is 5.69 Å². The first kappa shape index (κ1) is 13.5. The van der Waals surface area contributed by atoms with Gasteiger partial charge >= 0.3 is 0 Å². The third-order valence-corrected chi connectivity index (χ3v) is 2.52. The Balaban J connectivity index is 2.50. The number of anilines is 3. The van der Waals surface area contributed by atoms with Gasteiger partial charge in [0, 0.05) is 31.1 Å². The van der Waals surface area contributed by atoms with E-state index in [1.54, 1.807) is 11.5 Å². The van der Waals surface area contributed by atoms with Crippen LogP contribution in [-0.2, 0) is 4.79 Å². The third kappa shape index (κ3) is 2.71. The summed E-state index contributed by atoms with van der Waals surface area (Å²) in [5.41, 5.74) is 2.68. The summed E-state index contributed by atoms with van der Waals surface area (Å²) in [5.74, 6) is -0.0101. The Morgan fingerprint density at radius 2 is 2.10 bits per heavy atom. The minimum Gasteiger partial charge on any atom is -0.761 e. The van der Waals surface area contributed by atoms with Crippen molar-refractivity contribution in [2.75, 3.05) is 10.4 Å². The van der Waals surface area contributed by atoms with Gasteiger partial charge in [-0.2, -0.15) is 5.26 Å². The van der Waals surface area contributed by atoms with Gasteiger partial charge in [-0.25, -0.2) is 9.97 Å². The maximum absolute atomic E-state index is 11.8. The Hall–Kier alpha value is -2.98. The molecular formula is C13H10N5O2-. The summed E-state index contributed by atoms with van der Waals surface area (Å²) in [7, 11) is 0. The lowest BCUT2D eigenvalue weighted by molar-refractivity contribution is -0.115. The van der Waals surface area contributed by atoms with Crippen LogP contribution in [-0.4, -0.2) is 15.9 Å². The molecule has 0 saturated carbocycles. The summed E-state index contributed by atoms with van der Waals surface area (Å²) in [5, 5.41) is 19.5. The van der Waals surface area contributed by atoms with Crippen molar-refractivity contribution in [2.45, 2.75) is 6.92 Å². The molecule has 7 heteroatoms. The second kappa shape index (κ2) is 5.77. The molecule has 0 fully saturated rings. The van der Waals surface area contributed by atoms with E-state index in [9.17, 15) is 10.0 Å². The maximum atomic E-state index is 11.8. The van der Waals surface area contributed by atoms with Crippen molar-refractivity contribution >= 4 is 23.1 Å². The lowest BCUT2D eigenvalue weighted by atomic mass is 10.2. The zero-order valence-electron chi connectivity index (χ0n) is 10.6. The number of rotatable bonds is 3. The molecule has 2 aromatic rings. The molecule has 100 valence electrons. The highest BCUT2D eigenvalue weighted by Crippen LogP contribution is 2.25. The summed E-state index contributed by atoms with van der Waals surface area (Å²) in [6, 6.07) is 7.89. The number of carbonyl (C=O) groups excluding carboxylic acids is 1. The van der Waals surface area contributed by atoms with Crippen LogP contribution in [0.25, 0.3) is 0 Å². The Morgan fingerprint density at radius 1 is 1.35 bits per heavy atom. The Morgan fingerprint density at radius 3 is 2.75 bits per heavy atom. The highest BCUT2D eigenvalue weighted by molar-refractivity contribution is 5.98. The van der Waals surface area contributed by atoms with Crippen molar-refractivity contribution in [1.29, 1.82) is 5.26 Å². The number of hydrogen-bond acceptors (Lipinski definition) is 6. The molecule has 0 spiro atoms. The summed E-state index contributed by atoms with van der Waals surface area (Å²) in [6.07, 6.45) is 2.84. The van der Waals surface area contributed by atoms with Gasteiger partial charge in [0.15, 0.2) is 0 Å². The van der Waals surface area contributed by atoms with Gasteiger partial charge in [0.25, 0.3) is 0 Å². The molecule has 0 saturated heterocycles. The van der Waals surface area contributed by atoms with E-state index in [-0.39, 0.29) is 23.1 Å². The Labute approximate surface area is 115 Å². The fourth-order valence-corrected chi connectivity index (χ4v) is 1.70. The number of hydrogen-bond donors (Lipinski definition) is 1. The minimum atomic E-state index is -0.296. The average molecular weight is 268 g/mol. The molecule has 0 bridgehead atoms. The van der Waals surface area contributed by atoms with Crippen LogP contribution in [0, 0.1) is 16.5 Å². The van der Waals surface area contributed by atoms with Crippen LogP contribution in [0.5, 0.6) is 0 Å². The molecule has 0 aliphatic rings. The summed E-state index contributed by atoms with van der Waals surface area (Å²) in [4.78, 5) is 21.0. The maximum Gasteiger partial charge on any atom is 0.229 e. The smallest absolute Gasteiger partial charge is 0.229 e. The van der Waals surface area contributed by atoms with E-state index in [4.69, 9.17) is 5.26 Å². The molecule has 2 aromatic heterocycles. The van der Waals surface area contributed by atoms with Gasteiger partial charge in [-0.3, -0.25) is 9.69 Å². The van der Waals surface area contributed by atoms with Gasteiger partial charge in [-0.05, 0) is 18.2 Å². The average Bonchev–Trinajstić information content (AvgIpc) is 2.47. The predicted molar refractivity (Wildman–Crippen MR) is 73.0 cm³/mol. The monoisotopic (exact) mass is 268 g/mol. The van der Waals surface area contributed by atoms with Crippen LogP contribution in [0.4, 0.5) is 17.2 Å². The molecule has 0 atom stereocenters. The van der Waals surface area contributed by atoms with E-state index in [1.807, 2.05) is 6.07 Å². The van der Waals surface area contributed by atoms with Gasteiger partial charge in [0.2, 0.25) is 5.91 Å². The van der Waals surface area contributed by atoms with Gasteiger partial charge in [-0.1, -0.05) is 0 Å². The molecule has 7 nitrogen and oxygen atoms in total. The number of aromatic nitrogens is 2. The highest BCUT2D eigenvalue weighted by atomic mass is 16.5. The first-order valence-electron chi connectivity index (χ1n) is 5.67. The van der Waals surface area contributed by atoms with Crippen molar-refractivity contribution in [3.63, 3.8) is 0 Å². The predicted octanol–water partition coefficient (Wildman–Crippen LogP) is 1.94. The van der Waals surface area contributed by atoms with Crippen LogP contribution in [0.15, 0.2) is 36.7 Å². The van der Waals surface area contributed by atoms with Gasteiger partial charge in [-0.15, -0.1) is 0 Å². The quantitative estimate of drug-likeness (QED) is 0.853. The van der Waals surface area contributed by atoms with Crippen molar-refractivity contribution < 1.29 is 4.79 Å². The first-order valence-corrected chi connectivity index (χ1v) is 5.67. The zero-order chi connectivity index (χ0) is 14.5. The topological polar surface area (TPSA) is 105 Å². The summed E-state index contributed by atoms with van der Waals surface area (Å²) in [6.45, 7) is 1.37. The summed E-state index contributed by atoms with van der Waals surface area (Å²) >= 11 is 0. The van der Waals surface area contributed by atoms with E-state index in [1.165, 1.54) is 42.4 Å². The fraction of sp³-hybridized carbons (Fsp3) is 0.0769. The number of nitrogens with zero attached hydrogens (tertiary/aromatic N) is 4. The van der Waals surface area contributed by atoms with Gasteiger partial charge in [0.05, 0.1) is 5.69 Å². The molecule has 0 unspecified atom stereocenters. The van der Waals surface area contributed by atoms with Crippen LogP contribution in [0.1, 0.15) is 12.6 Å². The number of nitrogens with one attached hydrogen (secondary N) is 1. The standard InChI is InChI=1S/C13H10N5O2/c1-9(19)18(12-3-5-15-11(6-12)8-14)13-7-10(17-20)2-4-16-13/h2-7H,1H3,(H-,16,17,20)/q-1. The van der Waals surface area contributed by atoms with Crippen molar-refractivity contribution in [2.24, 2.45) is 0 Å². The minimum absolute atomic E-state index is 0.187. The van der Waals surface area contributed by atoms with E-state index >= 15 is 0 Å². The molecule has 0 aliphatic carbocycles. The van der Waals surface area contributed by atoms with E-state index in [2.05, 4.69) is 9.97 Å². The van der Waals surface area contributed by atoms with Crippen molar-refractivity contribution in [3.8, 4) is 6.07 Å². The van der Waals surface area contributed by atoms with Crippen LogP contribution >= 0.6 is 0 Å². The third-order valence-electron chi connectivity index (χ3n) is 2.52. The van der Waals surface area contributed by atoms with Gasteiger partial charge < -0.3 is 10.7 Å². The van der Waals surface area contributed by atoms with Gasteiger partial charge in [0.1, 0.15) is 17.6 Å². The molecule has 2 rings (SSSR count). The number of amides is 1. The molecule has 0 aromatic carbocycles. The number of carbonyl (C=O) groups is 1. The Bertz CT molecular complexity index is 680. The van der Waals surface area contributed by atoms with E-state index in [0.717, 1.165) is 0 Å². The van der Waals surface area contributed by atoms with Crippen LogP contribution < -0.4 is 10.4 Å². The second-order valence-corrected chi connectivity index (χ2v) is 3.87. The lowest BCUT2D eigenvalue weighted by Gasteiger charge is -2.21. The van der Waals surface area contributed by atoms with Crippen molar-refractivity contribution in [3.05, 3.63) is 47.6 Å². The number of nitriles is 1. The van der Waals surface area contributed by atoms with Crippen LogP contribution in [0.2, 0.25) is 0 Å². The van der Waals surface area contributed by atoms with Crippen molar-refractivity contribution in [1.82, 2.24) is 9.97 Å². The van der Waals surface area contributed by atoms with Crippen LogP contribution in [0.3, 0.4) is 0 Å². The first-order chi connectivity index (χ1) is 9.65. The normalized spacial score (nSPS) is 9.65. The highest BCUT2D eigenvalue weighted by Gasteiger charge is 2.16. The molecule has 0 aliphatic heterocycles. The molecular weight excluding hydrogens is 258 g/mol. The zero-order valence-corrected chi connectivity index (χ0v) is 10.6. The molecule has 1 amide bonds. The lowest BCUT2D eigenvalue weighted by Crippen LogP contribution is -2.24.